The van der Waals surface area contributed by atoms with Crippen LogP contribution in [0.25, 0.3) is 0 Å². The lowest BCUT2D eigenvalue weighted by Crippen LogP contribution is -2.10. The van der Waals surface area contributed by atoms with Gasteiger partial charge in [0.15, 0.2) is 5.69 Å². The highest BCUT2D eigenvalue weighted by atomic mass is 79.9. The molecule has 1 heterocycles. The first-order chi connectivity index (χ1) is 9.52. The molecular weight excluding hydrogens is 333 g/mol. The molecule has 1 N–H and O–H groups in total. The lowest BCUT2D eigenvalue weighted by molar-refractivity contribution is 0.0684. The summed E-state index contributed by atoms with van der Waals surface area (Å²) in [5, 5.41) is 16.4. The van der Waals surface area contributed by atoms with Gasteiger partial charge in [0.2, 0.25) is 0 Å². The van der Waals surface area contributed by atoms with Gasteiger partial charge in [0.05, 0.1) is 18.8 Å². The Balaban J connectivity index is 2.38. The number of ether oxygens (including phenoxy) is 1. The summed E-state index contributed by atoms with van der Waals surface area (Å²) in [5.41, 5.74) is 0.791. The van der Waals surface area contributed by atoms with Gasteiger partial charge >= 0.3 is 5.97 Å². The maximum atomic E-state index is 13.2. The molecule has 0 unspecified atom stereocenters. The van der Waals surface area contributed by atoms with Crippen molar-refractivity contribution in [3.63, 3.8) is 0 Å². The van der Waals surface area contributed by atoms with E-state index in [9.17, 15) is 9.18 Å². The SMILES string of the molecule is COCc1c(C(=O)O)nnn1Cc1cc(F)ccc1Br. The number of rotatable bonds is 5. The van der Waals surface area contributed by atoms with Crippen LogP contribution in [0.4, 0.5) is 4.39 Å². The molecule has 20 heavy (non-hydrogen) atoms. The Morgan fingerprint density at radius 2 is 2.30 bits per heavy atom. The molecule has 2 aromatic rings. The van der Waals surface area contributed by atoms with E-state index in [1.807, 2.05) is 0 Å². The second-order valence-electron chi connectivity index (χ2n) is 4.02. The minimum absolute atomic E-state index is 0.0571. The number of carboxylic acids is 1. The predicted molar refractivity (Wildman–Crippen MR) is 70.9 cm³/mol. The van der Waals surface area contributed by atoms with E-state index in [0.29, 0.717) is 15.7 Å². The second kappa shape index (κ2) is 6.10. The summed E-state index contributed by atoms with van der Waals surface area (Å²) in [6.07, 6.45) is 0. The summed E-state index contributed by atoms with van der Waals surface area (Å²) in [6.45, 7) is 0.249. The van der Waals surface area contributed by atoms with Crippen molar-refractivity contribution in [2.45, 2.75) is 13.2 Å². The van der Waals surface area contributed by atoms with E-state index in [1.54, 1.807) is 6.07 Å². The zero-order chi connectivity index (χ0) is 14.7. The summed E-state index contributed by atoms with van der Waals surface area (Å²) in [7, 11) is 1.45. The lowest BCUT2D eigenvalue weighted by atomic mass is 10.2. The zero-order valence-corrected chi connectivity index (χ0v) is 12.1. The Bertz CT molecular complexity index is 645. The van der Waals surface area contributed by atoms with Crippen LogP contribution in [0.1, 0.15) is 21.7 Å². The molecule has 1 aromatic carbocycles. The van der Waals surface area contributed by atoms with E-state index >= 15 is 0 Å². The van der Waals surface area contributed by atoms with Gasteiger partial charge in [-0.2, -0.15) is 0 Å². The molecule has 0 atom stereocenters. The molecule has 0 spiro atoms. The summed E-state index contributed by atoms with van der Waals surface area (Å²) < 4.78 is 20.3. The topological polar surface area (TPSA) is 77.2 Å². The Kier molecular flexibility index (Phi) is 4.46. The Morgan fingerprint density at radius 1 is 1.55 bits per heavy atom. The fourth-order valence-corrected chi connectivity index (χ4v) is 2.10. The van der Waals surface area contributed by atoms with Crippen LogP contribution in [0.3, 0.4) is 0 Å². The Hall–Kier alpha value is -1.80. The normalized spacial score (nSPS) is 10.8. The number of carbonyl (C=O) groups is 1. The summed E-state index contributed by atoms with van der Waals surface area (Å²) in [4.78, 5) is 11.0. The third-order valence-corrected chi connectivity index (χ3v) is 3.42. The molecule has 0 fully saturated rings. The molecule has 0 amide bonds. The summed E-state index contributed by atoms with van der Waals surface area (Å²) in [5.74, 6) is -1.56. The number of carboxylic acid groups (broad SMARTS) is 1. The fraction of sp³-hybridized carbons (Fsp3) is 0.250. The van der Waals surface area contributed by atoms with Gasteiger partial charge in [-0.05, 0) is 23.8 Å². The van der Waals surface area contributed by atoms with E-state index in [2.05, 4.69) is 26.2 Å². The monoisotopic (exact) mass is 343 g/mol. The average Bonchev–Trinajstić information content (AvgIpc) is 2.78. The first kappa shape index (κ1) is 14.6. The Labute approximate surface area is 122 Å². The molecule has 0 saturated heterocycles. The van der Waals surface area contributed by atoms with Gasteiger partial charge in [-0.15, -0.1) is 5.10 Å². The van der Waals surface area contributed by atoms with Gasteiger partial charge in [-0.3, -0.25) is 0 Å². The largest absolute Gasteiger partial charge is 0.476 e. The molecule has 0 radical (unpaired) electrons. The molecule has 106 valence electrons. The van der Waals surface area contributed by atoms with Crippen LogP contribution in [-0.2, 0) is 17.9 Å². The molecule has 6 nitrogen and oxygen atoms in total. The second-order valence-corrected chi connectivity index (χ2v) is 4.87. The highest BCUT2D eigenvalue weighted by Crippen LogP contribution is 2.20. The van der Waals surface area contributed by atoms with Crippen molar-refractivity contribution in [3.8, 4) is 0 Å². The highest BCUT2D eigenvalue weighted by molar-refractivity contribution is 9.10. The molecule has 8 heteroatoms. The van der Waals surface area contributed by atoms with Crippen LogP contribution in [-0.4, -0.2) is 33.2 Å². The number of hydrogen-bond donors (Lipinski definition) is 1. The standard InChI is InChI=1S/C12H11BrFN3O3/c1-20-6-10-11(12(18)19)15-16-17(10)5-7-4-8(14)2-3-9(7)13/h2-4H,5-6H2,1H3,(H,18,19). The van der Waals surface area contributed by atoms with Crippen molar-refractivity contribution >= 4 is 21.9 Å². The van der Waals surface area contributed by atoms with Crippen LogP contribution in [0.2, 0.25) is 0 Å². The number of benzene rings is 1. The van der Waals surface area contributed by atoms with Gasteiger partial charge in [0, 0.05) is 11.6 Å². The maximum Gasteiger partial charge on any atom is 0.358 e. The van der Waals surface area contributed by atoms with Crippen molar-refractivity contribution in [3.05, 3.63) is 45.4 Å². The van der Waals surface area contributed by atoms with Crippen molar-refractivity contribution in [2.24, 2.45) is 0 Å². The Morgan fingerprint density at radius 3 is 2.95 bits per heavy atom. The van der Waals surface area contributed by atoms with Gasteiger partial charge < -0.3 is 9.84 Å². The van der Waals surface area contributed by atoms with E-state index in [-0.39, 0.29) is 24.7 Å². The first-order valence-electron chi connectivity index (χ1n) is 5.61. The minimum Gasteiger partial charge on any atom is -0.476 e. The molecule has 0 aliphatic carbocycles. The van der Waals surface area contributed by atoms with Crippen molar-refractivity contribution in [1.29, 1.82) is 0 Å². The lowest BCUT2D eigenvalue weighted by Gasteiger charge is -2.08. The van der Waals surface area contributed by atoms with Crippen molar-refractivity contribution < 1.29 is 19.0 Å². The maximum absolute atomic E-state index is 13.2. The van der Waals surface area contributed by atoms with E-state index < -0.39 is 5.97 Å². The van der Waals surface area contributed by atoms with Crippen LogP contribution >= 0.6 is 15.9 Å². The van der Waals surface area contributed by atoms with Gasteiger partial charge in [-0.25, -0.2) is 13.9 Å². The molecule has 2 rings (SSSR count). The van der Waals surface area contributed by atoms with Crippen LogP contribution in [0, 0.1) is 5.82 Å². The average molecular weight is 344 g/mol. The van der Waals surface area contributed by atoms with Crippen LogP contribution in [0.15, 0.2) is 22.7 Å². The fourth-order valence-electron chi connectivity index (χ4n) is 1.73. The van der Waals surface area contributed by atoms with Gasteiger partial charge in [0.25, 0.3) is 0 Å². The number of methoxy groups -OCH3 is 1. The third kappa shape index (κ3) is 3.02. The smallest absolute Gasteiger partial charge is 0.358 e. The summed E-state index contributed by atoms with van der Waals surface area (Å²) in [6, 6.07) is 4.26. The van der Waals surface area contributed by atoms with Crippen molar-refractivity contribution in [1.82, 2.24) is 15.0 Å². The van der Waals surface area contributed by atoms with Gasteiger partial charge in [0.1, 0.15) is 5.82 Å². The first-order valence-corrected chi connectivity index (χ1v) is 6.40. The predicted octanol–water partition coefficient (Wildman–Crippen LogP) is 2.07. The summed E-state index contributed by atoms with van der Waals surface area (Å²) >= 11 is 3.31. The number of aromatic nitrogens is 3. The molecule has 0 saturated carbocycles. The van der Waals surface area contributed by atoms with Crippen LogP contribution < -0.4 is 0 Å². The molecule has 1 aromatic heterocycles. The van der Waals surface area contributed by atoms with Crippen LogP contribution in [0.5, 0.6) is 0 Å². The zero-order valence-electron chi connectivity index (χ0n) is 10.5. The van der Waals surface area contributed by atoms with E-state index in [1.165, 1.54) is 23.9 Å². The van der Waals surface area contributed by atoms with E-state index in [4.69, 9.17) is 9.84 Å². The molecule has 0 aliphatic heterocycles. The number of hydrogen-bond acceptors (Lipinski definition) is 4. The van der Waals surface area contributed by atoms with Crippen molar-refractivity contribution in [2.75, 3.05) is 7.11 Å². The number of nitrogens with zero attached hydrogens (tertiary/aromatic N) is 3. The number of halogens is 2. The third-order valence-electron chi connectivity index (χ3n) is 2.65. The quantitative estimate of drug-likeness (QED) is 0.899. The minimum atomic E-state index is -1.18. The molecule has 0 aliphatic rings. The van der Waals surface area contributed by atoms with E-state index in [0.717, 1.165) is 0 Å². The van der Waals surface area contributed by atoms with Gasteiger partial charge in [-0.1, -0.05) is 21.1 Å². The number of aromatic carboxylic acids is 1. The molecular formula is C12H11BrFN3O3. The highest BCUT2D eigenvalue weighted by Gasteiger charge is 2.19. The molecule has 0 bridgehead atoms.